The number of carbonyl (C=O) groups excluding carboxylic acids is 1. The molecule has 1 aromatic rings. The lowest BCUT2D eigenvalue weighted by Gasteiger charge is -2.19. The minimum Gasteiger partial charge on any atom is -0.611 e. The highest BCUT2D eigenvalue weighted by molar-refractivity contribution is 7.91. The van der Waals surface area contributed by atoms with Gasteiger partial charge in [-0.1, -0.05) is 0 Å². The minimum absolute atomic E-state index is 0.361. The van der Waals surface area contributed by atoms with Crippen LogP contribution in [0.1, 0.15) is 0 Å². The average molecular weight is 432 g/mol. The summed E-state index contributed by atoms with van der Waals surface area (Å²) >= 11 is 1.97. The number of ether oxygens (including phenoxy) is 1. The Bertz CT molecular complexity index is 753. The van der Waals surface area contributed by atoms with Gasteiger partial charge in [0, 0.05) is 0 Å². The molecule has 0 heterocycles. The standard InChI is InChI=1S/C12H12F4N4O5S2/c1-25-11(21)19-10(26)18-5-2-3-6(7(17)8(5)20(22)23)27(24)4-12(15,16)9(13)14/h2-3,9H,4,17H2,1H3,(H2,18,19,21,26). The summed E-state index contributed by atoms with van der Waals surface area (Å²) in [7, 11) is 1.04. The molecule has 0 aliphatic carbocycles. The van der Waals surface area contributed by atoms with E-state index < -0.39 is 61.7 Å². The summed E-state index contributed by atoms with van der Waals surface area (Å²) in [6.07, 6.45) is -5.05. The fourth-order valence-corrected chi connectivity index (χ4v) is 3.08. The second-order valence-electron chi connectivity index (χ2n) is 4.75. The van der Waals surface area contributed by atoms with Crippen molar-refractivity contribution in [2.75, 3.05) is 23.9 Å². The lowest BCUT2D eigenvalue weighted by Crippen LogP contribution is -2.35. The number of thiocarbonyl (C=S) groups is 1. The van der Waals surface area contributed by atoms with E-state index in [9.17, 15) is 37.0 Å². The van der Waals surface area contributed by atoms with Crippen molar-refractivity contribution in [3.05, 3.63) is 22.2 Å². The van der Waals surface area contributed by atoms with Crippen molar-refractivity contribution >= 4 is 51.7 Å². The number of nitro benzene ring substituents is 1. The number of alkyl carbamates (subject to hydrolysis) is 1. The molecule has 0 fully saturated rings. The zero-order chi connectivity index (χ0) is 20.9. The number of nitrogens with one attached hydrogen (secondary N) is 2. The molecule has 1 rings (SSSR count). The molecule has 15 heteroatoms. The molecule has 1 unspecified atom stereocenters. The van der Waals surface area contributed by atoms with Crippen LogP contribution in [0.4, 0.5) is 39.4 Å². The third-order valence-corrected chi connectivity index (χ3v) is 4.59. The van der Waals surface area contributed by atoms with Crippen LogP contribution in [-0.2, 0) is 15.9 Å². The summed E-state index contributed by atoms with van der Waals surface area (Å²) in [4.78, 5) is 20.6. The molecular formula is C12H12F4N4O5S2. The molecule has 0 aliphatic heterocycles. The minimum atomic E-state index is -4.57. The van der Waals surface area contributed by atoms with Crippen LogP contribution in [0.3, 0.4) is 0 Å². The molecule has 0 saturated carbocycles. The van der Waals surface area contributed by atoms with E-state index in [1.807, 2.05) is 5.32 Å². The Morgan fingerprint density at radius 1 is 1.48 bits per heavy atom. The molecule has 0 radical (unpaired) electrons. The quantitative estimate of drug-likeness (QED) is 0.155. The van der Waals surface area contributed by atoms with Gasteiger partial charge in [-0.2, -0.15) is 8.78 Å². The van der Waals surface area contributed by atoms with E-state index in [1.54, 1.807) is 0 Å². The smallest absolute Gasteiger partial charge is 0.413 e. The third-order valence-electron chi connectivity index (χ3n) is 2.90. The highest BCUT2D eigenvalue weighted by atomic mass is 32.2. The van der Waals surface area contributed by atoms with Gasteiger partial charge in [-0.05, 0) is 35.5 Å². The fraction of sp³-hybridized carbons (Fsp3) is 0.333. The number of hydrogen-bond acceptors (Lipinski definition) is 7. The van der Waals surface area contributed by atoms with E-state index in [1.165, 1.54) is 0 Å². The van der Waals surface area contributed by atoms with Crippen LogP contribution in [0.15, 0.2) is 17.0 Å². The van der Waals surface area contributed by atoms with Crippen molar-refractivity contribution in [1.29, 1.82) is 0 Å². The largest absolute Gasteiger partial charge is 0.611 e. The maximum atomic E-state index is 13.1. The lowest BCUT2D eigenvalue weighted by molar-refractivity contribution is -0.383. The zero-order valence-electron chi connectivity index (χ0n) is 13.3. The number of carbonyl (C=O) groups is 1. The number of nitrogens with two attached hydrogens (primary N) is 1. The normalized spacial score (nSPS) is 12.4. The van der Waals surface area contributed by atoms with Crippen LogP contribution in [0.25, 0.3) is 0 Å². The second-order valence-corrected chi connectivity index (χ2v) is 6.58. The van der Waals surface area contributed by atoms with Crippen LogP contribution in [0.5, 0.6) is 0 Å². The van der Waals surface area contributed by atoms with Crippen LogP contribution < -0.4 is 16.4 Å². The van der Waals surface area contributed by atoms with E-state index in [2.05, 4.69) is 10.1 Å². The van der Waals surface area contributed by atoms with Gasteiger partial charge in [0.25, 0.3) is 0 Å². The van der Waals surface area contributed by atoms with E-state index in [-0.39, 0.29) is 5.69 Å². The predicted octanol–water partition coefficient (Wildman–Crippen LogP) is 2.24. The molecule has 9 nitrogen and oxygen atoms in total. The Kier molecular flexibility index (Phi) is 7.55. The van der Waals surface area contributed by atoms with Gasteiger partial charge in [-0.15, -0.1) is 0 Å². The molecule has 0 aromatic heterocycles. The van der Waals surface area contributed by atoms with Gasteiger partial charge < -0.3 is 20.3 Å². The molecule has 1 atom stereocenters. The van der Waals surface area contributed by atoms with Gasteiger partial charge in [-0.3, -0.25) is 15.4 Å². The number of anilines is 2. The molecule has 0 saturated heterocycles. The lowest BCUT2D eigenvalue weighted by atomic mass is 10.2. The molecule has 27 heavy (non-hydrogen) atoms. The first-order chi connectivity index (χ1) is 12.4. The number of alkyl halides is 4. The van der Waals surface area contributed by atoms with Crippen molar-refractivity contribution < 1.29 is 36.6 Å². The summed E-state index contributed by atoms with van der Waals surface area (Å²) in [5.41, 5.74) is 3.48. The van der Waals surface area contributed by atoms with E-state index in [0.717, 1.165) is 19.2 Å². The second kappa shape index (κ2) is 9.01. The molecular weight excluding hydrogens is 420 g/mol. The number of halogens is 4. The number of amides is 1. The molecule has 0 aliphatic rings. The van der Waals surface area contributed by atoms with Crippen LogP contribution in [-0.4, -0.2) is 45.9 Å². The number of nitrogen functional groups attached to an aromatic ring is 1. The van der Waals surface area contributed by atoms with Crippen molar-refractivity contribution in [2.45, 2.75) is 17.2 Å². The molecule has 1 aromatic carbocycles. The SMILES string of the molecule is COC(=O)NC(=S)Nc1ccc([S+]([O-])CC(F)(F)C(F)F)c(N)c1[N+](=O)[O-]. The Labute approximate surface area is 157 Å². The summed E-state index contributed by atoms with van der Waals surface area (Å²) in [6, 6.07) is 1.80. The summed E-state index contributed by atoms with van der Waals surface area (Å²) < 4.78 is 66.9. The number of nitrogens with zero attached hydrogens (tertiary/aromatic N) is 1. The first-order valence-corrected chi connectivity index (χ1v) is 8.40. The Morgan fingerprint density at radius 2 is 2.07 bits per heavy atom. The van der Waals surface area contributed by atoms with E-state index in [4.69, 9.17) is 18.0 Å². The topological polar surface area (TPSA) is 143 Å². The van der Waals surface area contributed by atoms with Crippen LogP contribution >= 0.6 is 12.2 Å². The van der Waals surface area contributed by atoms with Crippen molar-refractivity contribution in [3.63, 3.8) is 0 Å². The summed E-state index contributed by atoms with van der Waals surface area (Å²) in [6.45, 7) is 0. The molecule has 4 N–H and O–H groups in total. The highest BCUT2D eigenvalue weighted by Gasteiger charge is 2.46. The Hall–Kier alpha value is -2.39. The summed E-state index contributed by atoms with van der Waals surface area (Å²) in [5.74, 6) is -6.35. The summed E-state index contributed by atoms with van der Waals surface area (Å²) in [5, 5.41) is 15.1. The average Bonchev–Trinajstić information content (AvgIpc) is 2.53. The van der Waals surface area contributed by atoms with Crippen LogP contribution in [0.2, 0.25) is 0 Å². The monoisotopic (exact) mass is 432 g/mol. The van der Waals surface area contributed by atoms with Gasteiger partial charge in [0.1, 0.15) is 5.69 Å². The predicted molar refractivity (Wildman–Crippen MR) is 91.5 cm³/mol. The first kappa shape index (κ1) is 22.7. The van der Waals surface area contributed by atoms with Gasteiger partial charge >= 0.3 is 24.1 Å². The molecule has 0 spiro atoms. The Morgan fingerprint density at radius 3 is 2.56 bits per heavy atom. The number of methoxy groups -OCH3 is 1. The van der Waals surface area contributed by atoms with E-state index in [0.29, 0.717) is 0 Å². The van der Waals surface area contributed by atoms with Crippen molar-refractivity contribution in [2.24, 2.45) is 0 Å². The van der Waals surface area contributed by atoms with Crippen molar-refractivity contribution in [3.8, 4) is 0 Å². The Balaban J connectivity index is 3.19. The van der Waals surface area contributed by atoms with Crippen LogP contribution in [0, 0.1) is 10.1 Å². The van der Waals surface area contributed by atoms with E-state index >= 15 is 0 Å². The number of nitro groups is 1. The highest BCUT2D eigenvalue weighted by Crippen LogP contribution is 2.38. The maximum Gasteiger partial charge on any atom is 0.413 e. The van der Waals surface area contributed by atoms with Crippen molar-refractivity contribution in [1.82, 2.24) is 5.32 Å². The maximum absolute atomic E-state index is 13.1. The number of rotatable bonds is 6. The zero-order valence-corrected chi connectivity index (χ0v) is 15.0. The first-order valence-electron chi connectivity index (χ1n) is 6.67. The van der Waals surface area contributed by atoms with Gasteiger partial charge in [0.05, 0.1) is 12.0 Å². The molecule has 0 bridgehead atoms. The third kappa shape index (κ3) is 5.80. The fourth-order valence-electron chi connectivity index (χ4n) is 1.70. The number of benzene rings is 1. The van der Waals surface area contributed by atoms with Gasteiger partial charge in [-0.25, -0.2) is 13.6 Å². The molecule has 150 valence electrons. The number of hydrogen-bond donors (Lipinski definition) is 3. The molecule has 1 amide bonds. The van der Waals surface area contributed by atoms with Gasteiger partial charge in [0.15, 0.2) is 21.4 Å². The van der Waals surface area contributed by atoms with Gasteiger partial charge in [0.2, 0.25) is 0 Å².